The van der Waals surface area contributed by atoms with Gasteiger partial charge in [-0.3, -0.25) is 0 Å². The molecule has 0 saturated carbocycles. The Kier molecular flexibility index (Phi) is 4.51. The van der Waals surface area contributed by atoms with Crippen LogP contribution in [-0.2, 0) is 0 Å². The molecule has 1 nitrogen and oxygen atoms in total. The third-order valence-corrected chi connectivity index (χ3v) is 6.07. The molecule has 1 aromatic heterocycles. The van der Waals surface area contributed by atoms with Crippen LogP contribution in [0.25, 0.3) is 55.2 Å². The van der Waals surface area contributed by atoms with Gasteiger partial charge in [-0.15, -0.1) is 0 Å². The minimum atomic E-state index is 1.01. The van der Waals surface area contributed by atoms with Crippen LogP contribution in [0.1, 0.15) is 0 Å². The van der Waals surface area contributed by atoms with E-state index in [0.29, 0.717) is 0 Å². The van der Waals surface area contributed by atoms with E-state index >= 15 is 0 Å². The first-order chi connectivity index (χ1) is 15.9. The van der Waals surface area contributed by atoms with Gasteiger partial charge in [0.1, 0.15) is 0 Å². The monoisotopic (exact) mass is 407 g/mol. The molecule has 0 unspecified atom stereocenters. The van der Waals surface area contributed by atoms with E-state index in [-0.39, 0.29) is 0 Å². The van der Waals surface area contributed by atoms with Gasteiger partial charge in [0.05, 0.1) is 11.4 Å². The summed E-state index contributed by atoms with van der Waals surface area (Å²) in [5.74, 6) is 0. The predicted octanol–water partition coefficient (Wildman–Crippen LogP) is 8.39. The first-order valence-electron chi connectivity index (χ1n) is 10.9. The van der Waals surface area contributed by atoms with Gasteiger partial charge in [0.15, 0.2) is 0 Å². The van der Waals surface area contributed by atoms with E-state index in [1.165, 1.54) is 32.7 Å². The van der Waals surface area contributed by atoms with Crippen molar-refractivity contribution in [3.8, 4) is 33.6 Å². The number of nitrogens with zero attached hydrogens (tertiary/aromatic N) is 1. The number of aromatic nitrogens is 1. The van der Waals surface area contributed by atoms with Crippen LogP contribution >= 0.6 is 0 Å². The highest BCUT2D eigenvalue weighted by atomic mass is 14.7. The molecule has 6 rings (SSSR count). The van der Waals surface area contributed by atoms with Gasteiger partial charge >= 0.3 is 0 Å². The molecule has 6 aromatic rings. The molecule has 1 heteroatoms. The summed E-state index contributed by atoms with van der Waals surface area (Å²) in [6, 6.07) is 44.8. The zero-order valence-electron chi connectivity index (χ0n) is 17.6. The van der Waals surface area contributed by atoms with Gasteiger partial charge in [-0.25, -0.2) is 4.98 Å². The first kappa shape index (κ1) is 18.5. The molecule has 0 atom stereocenters. The average Bonchev–Trinajstić information content (AvgIpc) is 2.88. The Labute approximate surface area is 187 Å². The average molecular weight is 408 g/mol. The van der Waals surface area contributed by atoms with E-state index in [2.05, 4.69) is 127 Å². The summed E-state index contributed by atoms with van der Waals surface area (Å²) >= 11 is 0. The van der Waals surface area contributed by atoms with E-state index in [1.807, 2.05) is 0 Å². The van der Waals surface area contributed by atoms with Crippen molar-refractivity contribution in [3.05, 3.63) is 127 Å². The molecule has 0 saturated heterocycles. The van der Waals surface area contributed by atoms with Gasteiger partial charge in [-0.2, -0.15) is 0 Å². The molecule has 0 aliphatic heterocycles. The standard InChI is InChI=1S/C31H21N/c1-3-13-23(14-4-1)29-26-19-9-10-20-28(26)31(32-30(29)24-15-5-2-6-16-24)27-21-11-17-22-12-7-8-18-25(22)27/h1-21H. The van der Waals surface area contributed by atoms with Gasteiger partial charge in [0, 0.05) is 22.1 Å². The second-order valence-electron chi connectivity index (χ2n) is 7.99. The third kappa shape index (κ3) is 3.07. The van der Waals surface area contributed by atoms with Crippen LogP contribution < -0.4 is 0 Å². The van der Waals surface area contributed by atoms with Crippen molar-refractivity contribution < 1.29 is 0 Å². The second kappa shape index (κ2) is 7.79. The van der Waals surface area contributed by atoms with E-state index < -0.39 is 0 Å². The Morgan fingerprint density at radius 3 is 1.69 bits per heavy atom. The number of fused-ring (bicyclic) bond motifs is 2. The van der Waals surface area contributed by atoms with Crippen LogP contribution in [0, 0.1) is 0 Å². The van der Waals surface area contributed by atoms with Gasteiger partial charge in [0.25, 0.3) is 0 Å². The lowest BCUT2D eigenvalue weighted by atomic mass is 9.90. The van der Waals surface area contributed by atoms with Crippen molar-refractivity contribution >= 4 is 21.5 Å². The summed E-state index contributed by atoms with van der Waals surface area (Å²) in [7, 11) is 0. The number of rotatable bonds is 3. The smallest absolute Gasteiger partial charge is 0.0794 e. The Morgan fingerprint density at radius 1 is 0.375 bits per heavy atom. The molecular formula is C31H21N. The van der Waals surface area contributed by atoms with Crippen molar-refractivity contribution in [2.75, 3.05) is 0 Å². The zero-order chi connectivity index (χ0) is 21.3. The summed E-state index contributed by atoms with van der Waals surface area (Å²) in [6.07, 6.45) is 0. The number of pyridine rings is 1. The van der Waals surface area contributed by atoms with E-state index in [9.17, 15) is 0 Å². The number of hydrogen-bond donors (Lipinski definition) is 0. The Morgan fingerprint density at radius 2 is 0.938 bits per heavy atom. The third-order valence-electron chi connectivity index (χ3n) is 6.07. The summed E-state index contributed by atoms with van der Waals surface area (Å²) < 4.78 is 0. The Bertz CT molecular complexity index is 1550. The Hall–Kier alpha value is -4.23. The predicted molar refractivity (Wildman–Crippen MR) is 136 cm³/mol. The van der Waals surface area contributed by atoms with Crippen LogP contribution in [0.4, 0.5) is 0 Å². The summed E-state index contributed by atoms with van der Waals surface area (Å²) in [6.45, 7) is 0. The van der Waals surface area contributed by atoms with Gasteiger partial charge in [-0.1, -0.05) is 127 Å². The molecule has 0 aliphatic rings. The highest BCUT2D eigenvalue weighted by Crippen LogP contribution is 2.41. The largest absolute Gasteiger partial charge is 0.246 e. The van der Waals surface area contributed by atoms with Crippen molar-refractivity contribution in [3.63, 3.8) is 0 Å². The maximum absolute atomic E-state index is 5.37. The minimum absolute atomic E-state index is 1.01. The summed E-state index contributed by atoms with van der Waals surface area (Å²) in [5.41, 5.74) is 6.68. The fraction of sp³-hybridized carbons (Fsp3) is 0. The SMILES string of the molecule is c1ccc(-c2nc(-c3cccc4ccccc34)c3ccccc3c2-c2ccccc2)cc1. The van der Waals surface area contributed by atoms with Crippen molar-refractivity contribution in [2.45, 2.75) is 0 Å². The lowest BCUT2D eigenvalue weighted by Gasteiger charge is -2.17. The fourth-order valence-electron chi connectivity index (χ4n) is 4.60. The van der Waals surface area contributed by atoms with Crippen LogP contribution in [-0.4, -0.2) is 4.98 Å². The van der Waals surface area contributed by atoms with E-state index in [1.54, 1.807) is 0 Å². The highest BCUT2D eigenvalue weighted by Gasteiger charge is 2.18. The van der Waals surface area contributed by atoms with Crippen molar-refractivity contribution in [1.82, 2.24) is 4.98 Å². The molecule has 5 aromatic carbocycles. The van der Waals surface area contributed by atoms with Crippen LogP contribution in [0.15, 0.2) is 127 Å². The molecule has 0 amide bonds. The van der Waals surface area contributed by atoms with Crippen LogP contribution in [0.3, 0.4) is 0 Å². The van der Waals surface area contributed by atoms with Gasteiger partial charge in [0.2, 0.25) is 0 Å². The fourth-order valence-corrected chi connectivity index (χ4v) is 4.60. The maximum atomic E-state index is 5.37. The van der Waals surface area contributed by atoms with E-state index in [0.717, 1.165) is 22.5 Å². The molecule has 0 N–H and O–H groups in total. The van der Waals surface area contributed by atoms with Gasteiger partial charge < -0.3 is 0 Å². The summed E-state index contributed by atoms with van der Waals surface area (Å²) in [5, 5.41) is 4.83. The lowest BCUT2D eigenvalue weighted by molar-refractivity contribution is 1.35. The lowest BCUT2D eigenvalue weighted by Crippen LogP contribution is -1.96. The summed E-state index contributed by atoms with van der Waals surface area (Å²) in [4.78, 5) is 5.37. The van der Waals surface area contributed by atoms with Gasteiger partial charge in [-0.05, 0) is 21.7 Å². The first-order valence-corrected chi connectivity index (χ1v) is 10.9. The van der Waals surface area contributed by atoms with Crippen molar-refractivity contribution in [1.29, 1.82) is 0 Å². The van der Waals surface area contributed by atoms with E-state index in [4.69, 9.17) is 4.98 Å². The molecule has 1 heterocycles. The molecule has 0 spiro atoms. The minimum Gasteiger partial charge on any atom is -0.246 e. The molecule has 150 valence electrons. The topological polar surface area (TPSA) is 12.9 Å². The Balaban J connectivity index is 1.77. The molecule has 0 fully saturated rings. The normalized spacial score (nSPS) is 11.1. The van der Waals surface area contributed by atoms with Crippen molar-refractivity contribution in [2.24, 2.45) is 0 Å². The molecule has 0 radical (unpaired) electrons. The highest BCUT2D eigenvalue weighted by molar-refractivity contribution is 6.11. The molecular weight excluding hydrogens is 386 g/mol. The molecule has 0 bridgehead atoms. The molecule has 32 heavy (non-hydrogen) atoms. The second-order valence-corrected chi connectivity index (χ2v) is 7.99. The van der Waals surface area contributed by atoms with Crippen LogP contribution in [0.5, 0.6) is 0 Å². The van der Waals surface area contributed by atoms with Crippen LogP contribution in [0.2, 0.25) is 0 Å². The number of hydrogen-bond acceptors (Lipinski definition) is 1. The zero-order valence-corrected chi connectivity index (χ0v) is 17.6. The number of benzene rings is 5. The quantitative estimate of drug-likeness (QED) is 0.287. The molecule has 0 aliphatic carbocycles. The maximum Gasteiger partial charge on any atom is 0.0794 e.